The molecular weight excluding hydrogens is 521 g/mol. The number of hydrogen-bond donors (Lipinski definition) is 0. The molecule has 3 aromatic rings. The van der Waals surface area contributed by atoms with Crippen LogP contribution >= 0.6 is 34.8 Å². The van der Waals surface area contributed by atoms with E-state index >= 15 is 0 Å². The predicted octanol–water partition coefficient (Wildman–Crippen LogP) is 7.35. The SMILES string of the molecule is CCCCc1nc(C)c(C)nc1C.CCCN(CCOc1c(Cl)cc(Cl)cc1Cl)C(=O)n1ccnc1. The molecule has 36 heavy (non-hydrogen) atoms. The standard InChI is InChI=1S/C15H16Cl3N3O2.C11H18N2/c1-2-4-20(15(22)21-5-3-19-10-21)6-7-23-14-12(17)8-11(16)9-13(14)18;1-5-6-7-11-10(4)12-8(2)9(3)13-11/h3,5,8-10H,2,4,6-7H2,1H3;5-7H2,1-4H3. The number of carbonyl (C=O) groups is 1. The summed E-state index contributed by atoms with van der Waals surface area (Å²) in [4.78, 5) is 26.9. The number of ether oxygens (including phenoxy) is 1. The van der Waals surface area contributed by atoms with Crippen LogP contribution in [-0.2, 0) is 6.42 Å². The number of carbonyl (C=O) groups excluding carboxylic acids is 1. The van der Waals surface area contributed by atoms with Crippen molar-refractivity contribution in [2.24, 2.45) is 0 Å². The summed E-state index contributed by atoms with van der Waals surface area (Å²) in [7, 11) is 0. The average molecular weight is 555 g/mol. The van der Waals surface area contributed by atoms with E-state index in [1.54, 1.807) is 29.4 Å². The first kappa shape index (κ1) is 29.9. The van der Waals surface area contributed by atoms with Crippen LogP contribution in [0.3, 0.4) is 0 Å². The maximum Gasteiger partial charge on any atom is 0.329 e. The number of amides is 1. The minimum absolute atomic E-state index is 0.152. The minimum Gasteiger partial charge on any atom is -0.489 e. The van der Waals surface area contributed by atoms with Gasteiger partial charge in [0.25, 0.3) is 0 Å². The van der Waals surface area contributed by atoms with Gasteiger partial charge in [0, 0.05) is 24.0 Å². The van der Waals surface area contributed by atoms with Crippen molar-refractivity contribution in [1.29, 1.82) is 0 Å². The van der Waals surface area contributed by atoms with Gasteiger partial charge in [0.1, 0.15) is 12.9 Å². The quantitative estimate of drug-likeness (QED) is 0.276. The van der Waals surface area contributed by atoms with E-state index in [9.17, 15) is 4.79 Å². The van der Waals surface area contributed by atoms with E-state index < -0.39 is 0 Å². The molecule has 0 spiro atoms. The third kappa shape index (κ3) is 8.95. The molecule has 0 N–H and O–H groups in total. The molecule has 0 saturated carbocycles. The van der Waals surface area contributed by atoms with Crippen LogP contribution in [0.4, 0.5) is 4.79 Å². The molecule has 0 atom stereocenters. The number of rotatable bonds is 9. The summed E-state index contributed by atoms with van der Waals surface area (Å²) in [6.07, 6.45) is 8.97. The smallest absolute Gasteiger partial charge is 0.329 e. The lowest BCUT2D eigenvalue weighted by Gasteiger charge is -2.22. The van der Waals surface area contributed by atoms with Crippen LogP contribution in [0.2, 0.25) is 15.1 Å². The molecule has 0 bridgehead atoms. The largest absolute Gasteiger partial charge is 0.489 e. The maximum atomic E-state index is 12.3. The highest BCUT2D eigenvalue weighted by atomic mass is 35.5. The van der Waals surface area contributed by atoms with Crippen molar-refractivity contribution in [3.8, 4) is 5.75 Å². The molecule has 0 aliphatic rings. The van der Waals surface area contributed by atoms with Gasteiger partial charge in [-0.2, -0.15) is 0 Å². The lowest BCUT2D eigenvalue weighted by Crippen LogP contribution is -2.37. The third-order valence-corrected chi connectivity index (χ3v) is 6.19. The van der Waals surface area contributed by atoms with Crippen LogP contribution in [0.1, 0.15) is 55.9 Å². The Morgan fingerprint density at radius 2 is 1.64 bits per heavy atom. The van der Waals surface area contributed by atoms with E-state index in [-0.39, 0.29) is 12.6 Å². The Labute approximate surface area is 228 Å². The Balaban J connectivity index is 0.000000297. The summed E-state index contributed by atoms with van der Waals surface area (Å²) < 4.78 is 7.05. The second kappa shape index (κ2) is 15.0. The molecule has 0 aliphatic heterocycles. The number of aryl methyl sites for hydroxylation is 4. The fourth-order valence-corrected chi connectivity index (χ4v) is 4.30. The van der Waals surface area contributed by atoms with Crippen LogP contribution in [0.25, 0.3) is 0 Å². The summed E-state index contributed by atoms with van der Waals surface area (Å²) in [5.74, 6) is 0.365. The van der Waals surface area contributed by atoms with Crippen molar-refractivity contribution >= 4 is 40.8 Å². The van der Waals surface area contributed by atoms with Crippen molar-refractivity contribution in [3.63, 3.8) is 0 Å². The summed E-state index contributed by atoms with van der Waals surface area (Å²) in [5.41, 5.74) is 4.39. The van der Waals surface area contributed by atoms with E-state index in [0.717, 1.165) is 29.9 Å². The monoisotopic (exact) mass is 553 g/mol. The van der Waals surface area contributed by atoms with E-state index in [1.807, 2.05) is 27.7 Å². The zero-order valence-corrected chi connectivity index (χ0v) is 23.8. The molecular formula is C26H34Cl3N5O2. The molecule has 0 fully saturated rings. The first-order valence-electron chi connectivity index (χ1n) is 12.0. The Morgan fingerprint density at radius 3 is 2.22 bits per heavy atom. The predicted molar refractivity (Wildman–Crippen MR) is 147 cm³/mol. The van der Waals surface area contributed by atoms with Gasteiger partial charge in [-0.25, -0.2) is 9.78 Å². The van der Waals surface area contributed by atoms with Crippen LogP contribution in [0.5, 0.6) is 5.75 Å². The van der Waals surface area contributed by atoms with Crippen molar-refractivity contribution in [1.82, 2.24) is 24.4 Å². The van der Waals surface area contributed by atoms with Gasteiger partial charge in [0.2, 0.25) is 0 Å². The van der Waals surface area contributed by atoms with Gasteiger partial charge in [0.05, 0.1) is 39.4 Å². The van der Waals surface area contributed by atoms with E-state index in [4.69, 9.17) is 39.5 Å². The van der Waals surface area contributed by atoms with Gasteiger partial charge >= 0.3 is 6.03 Å². The number of halogens is 3. The number of unbranched alkanes of at least 4 members (excludes halogenated alkanes) is 1. The van der Waals surface area contributed by atoms with E-state index in [2.05, 4.69) is 21.9 Å². The number of imidazole rings is 1. The molecule has 3 rings (SSSR count). The number of benzene rings is 1. The van der Waals surface area contributed by atoms with E-state index in [1.165, 1.54) is 29.4 Å². The van der Waals surface area contributed by atoms with Crippen molar-refractivity contribution < 1.29 is 9.53 Å². The highest BCUT2D eigenvalue weighted by molar-refractivity contribution is 6.40. The van der Waals surface area contributed by atoms with Crippen LogP contribution in [-0.4, -0.2) is 50.1 Å². The Morgan fingerprint density at radius 1 is 0.972 bits per heavy atom. The van der Waals surface area contributed by atoms with Crippen molar-refractivity contribution in [2.45, 2.75) is 60.3 Å². The lowest BCUT2D eigenvalue weighted by atomic mass is 10.1. The average Bonchev–Trinajstić information content (AvgIpc) is 3.36. The van der Waals surface area contributed by atoms with Gasteiger partial charge in [-0.3, -0.25) is 14.5 Å². The Bertz CT molecular complexity index is 1100. The van der Waals surface area contributed by atoms with Crippen molar-refractivity contribution in [3.05, 3.63) is 68.7 Å². The topological polar surface area (TPSA) is 73.1 Å². The molecule has 2 aromatic heterocycles. The second-order valence-corrected chi connectivity index (χ2v) is 9.57. The zero-order valence-electron chi connectivity index (χ0n) is 21.5. The maximum absolute atomic E-state index is 12.3. The highest BCUT2D eigenvalue weighted by Gasteiger charge is 2.15. The first-order chi connectivity index (χ1) is 17.2. The van der Waals surface area contributed by atoms with Crippen LogP contribution < -0.4 is 4.74 Å². The molecule has 1 amide bonds. The normalized spacial score (nSPS) is 10.6. The third-order valence-electron chi connectivity index (χ3n) is 5.41. The molecule has 2 heterocycles. The molecule has 0 unspecified atom stereocenters. The minimum atomic E-state index is -0.152. The van der Waals surface area contributed by atoms with Gasteiger partial charge in [0.15, 0.2) is 5.75 Å². The summed E-state index contributed by atoms with van der Waals surface area (Å²) in [6, 6.07) is 2.97. The number of nitrogens with zero attached hydrogens (tertiary/aromatic N) is 5. The molecule has 0 saturated heterocycles. The van der Waals surface area contributed by atoms with Gasteiger partial charge in [-0.1, -0.05) is 55.1 Å². The summed E-state index contributed by atoms with van der Waals surface area (Å²) in [5, 5.41) is 1.12. The zero-order chi connectivity index (χ0) is 26.7. The Kier molecular flexibility index (Phi) is 12.5. The molecule has 10 heteroatoms. The molecule has 1 aromatic carbocycles. The van der Waals surface area contributed by atoms with Gasteiger partial charge < -0.3 is 9.64 Å². The van der Waals surface area contributed by atoms with Crippen LogP contribution in [0.15, 0.2) is 30.9 Å². The molecule has 0 aliphatic carbocycles. The van der Waals surface area contributed by atoms with Crippen molar-refractivity contribution in [2.75, 3.05) is 19.7 Å². The van der Waals surface area contributed by atoms with Gasteiger partial charge in [-0.15, -0.1) is 0 Å². The number of aromatic nitrogens is 4. The highest BCUT2D eigenvalue weighted by Crippen LogP contribution is 2.35. The lowest BCUT2D eigenvalue weighted by molar-refractivity contribution is 0.184. The Hall–Kier alpha value is -2.35. The summed E-state index contributed by atoms with van der Waals surface area (Å²) in [6.45, 7) is 11.6. The molecule has 0 radical (unpaired) electrons. The fraction of sp³-hybridized carbons (Fsp3) is 0.462. The van der Waals surface area contributed by atoms with Crippen LogP contribution in [0, 0.1) is 20.8 Å². The number of hydrogen-bond acceptors (Lipinski definition) is 5. The van der Waals surface area contributed by atoms with Gasteiger partial charge in [-0.05, 0) is 52.2 Å². The first-order valence-corrected chi connectivity index (χ1v) is 13.2. The summed E-state index contributed by atoms with van der Waals surface area (Å²) >= 11 is 18.0. The van der Waals surface area contributed by atoms with E-state index in [0.29, 0.717) is 33.9 Å². The second-order valence-electron chi connectivity index (χ2n) is 8.32. The molecule has 7 nitrogen and oxygen atoms in total. The fourth-order valence-electron chi connectivity index (χ4n) is 3.38. The molecule has 196 valence electrons.